The molecule has 1 aromatic carbocycles. The van der Waals surface area contributed by atoms with Gasteiger partial charge in [0, 0.05) is 38.0 Å². The van der Waals surface area contributed by atoms with Crippen LogP contribution in [0.25, 0.3) is 0 Å². The topological polar surface area (TPSA) is 32.3 Å². The van der Waals surface area contributed by atoms with Crippen molar-refractivity contribution in [3.8, 4) is 0 Å². The summed E-state index contributed by atoms with van der Waals surface area (Å²) in [5, 5.41) is 3.38. The number of likely N-dealkylation sites (tertiary alicyclic amines) is 1. The minimum absolute atomic E-state index is 0.124. The standard InChI is InChI=1S/C17H22F2N2O/c18-17(19)6-9-21(10-7-17)16(22)14-4-1-3-13(11-14)15-5-2-8-20-12-15/h1,3-4,11,15,20H,2,5-10,12H2. The Morgan fingerprint density at radius 2 is 2.05 bits per heavy atom. The predicted octanol–water partition coefficient (Wildman–Crippen LogP) is 3.02. The van der Waals surface area contributed by atoms with Crippen molar-refractivity contribution in [1.82, 2.24) is 10.2 Å². The fourth-order valence-electron chi connectivity index (χ4n) is 3.28. The van der Waals surface area contributed by atoms with Gasteiger partial charge < -0.3 is 10.2 Å². The first-order valence-corrected chi connectivity index (χ1v) is 8.03. The van der Waals surface area contributed by atoms with Gasteiger partial charge in [-0.1, -0.05) is 12.1 Å². The molecule has 120 valence electrons. The SMILES string of the molecule is O=C(c1cccc(C2CCCNC2)c1)N1CCC(F)(F)CC1. The number of benzene rings is 1. The molecule has 1 unspecified atom stereocenters. The van der Waals surface area contributed by atoms with Gasteiger partial charge in [0.1, 0.15) is 0 Å². The highest BCUT2D eigenvalue weighted by Crippen LogP contribution is 2.29. The highest BCUT2D eigenvalue weighted by Gasteiger charge is 2.35. The van der Waals surface area contributed by atoms with Gasteiger partial charge in [-0.25, -0.2) is 8.78 Å². The average molecular weight is 308 g/mol. The molecule has 0 bridgehead atoms. The number of amides is 1. The minimum atomic E-state index is -2.62. The first-order valence-electron chi connectivity index (χ1n) is 8.03. The van der Waals surface area contributed by atoms with Crippen LogP contribution in [0, 0.1) is 0 Å². The van der Waals surface area contributed by atoms with Crippen molar-refractivity contribution in [2.24, 2.45) is 0 Å². The second kappa shape index (κ2) is 6.32. The molecule has 2 aliphatic heterocycles. The molecule has 0 saturated carbocycles. The highest BCUT2D eigenvalue weighted by atomic mass is 19.3. The first-order chi connectivity index (χ1) is 10.6. The van der Waals surface area contributed by atoms with Crippen molar-refractivity contribution < 1.29 is 13.6 Å². The van der Waals surface area contributed by atoms with Crippen LogP contribution in [0.1, 0.15) is 47.5 Å². The Morgan fingerprint density at radius 3 is 2.73 bits per heavy atom. The van der Waals surface area contributed by atoms with E-state index in [-0.39, 0.29) is 31.8 Å². The van der Waals surface area contributed by atoms with E-state index in [1.807, 2.05) is 12.1 Å². The Kier molecular flexibility index (Phi) is 4.43. The fraction of sp³-hybridized carbons (Fsp3) is 0.588. The lowest BCUT2D eigenvalue weighted by molar-refractivity contribution is -0.0494. The van der Waals surface area contributed by atoms with Crippen molar-refractivity contribution in [2.45, 2.75) is 37.5 Å². The van der Waals surface area contributed by atoms with Gasteiger partial charge in [-0.3, -0.25) is 4.79 Å². The van der Waals surface area contributed by atoms with Crippen LogP contribution in [-0.2, 0) is 0 Å². The summed E-state index contributed by atoms with van der Waals surface area (Å²) in [7, 11) is 0. The molecule has 1 atom stereocenters. The highest BCUT2D eigenvalue weighted by molar-refractivity contribution is 5.94. The zero-order chi connectivity index (χ0) is 15.6. The van der Waals surface area contributed by atoms with Crippen molar-refractivity contribution in [3.05, 3.63) is 35.4 Å². The number of hydrogen-bond acceptors (Lipinski definition) is 2. The van der Waals surface area contributed by atoms with Gasteiger partial charge in [-0.15, -0.1) is 0 Å². The van der Waals surface area contributed by atoms with Gasteiger partial charge >= 0.3 is 0 Å². The van der Waals surface area contributed by atoms with Gasteiger partial charge in [0.2, 0.25) is 0 Å². The average Bonchev–Trinajstić information content (AvgIpc) is 2.55. The summed E-state index contributed by atoms with van der Waals surface area (Å²) in [6, 6.07) is 7.68. The quantitative estimate of drug-likeness (QED) is 0.911. The van der Waals surface area contributed by atoms with Crippen molar-refractivity contribution in [2.75, 3.05) is 26.2 Å². The van der Waals surface area contributed by atoms with Gasteiger partial charge in [0.15, 0.2) is 0 Å². The monoisotopic (exact) mass is 308 g/mol. The number of nitrogens with one attached hydrogen (secondary N) is 1. The summed E-state index contributed by atoms with van der Waals surface area (Å²) < 4.78 is 26.4. The molecule has 1 N–H and O–H groups in total. The molecule has 3 rings (SSSR count). The summed E-state index contributed by atoms with van der Waals surface area (Å²) in [4.78, 5) is 14.1. The van der Waals surface area contributed by atoms with Gasteiger partial charge in [0.25, 0.3) is 11.8 Å². The van der Waals surface area contributed by atoms with Crippen molar-refractivity contribution >= 4 is 5.91 Å². The molecule has 0 spiro atoms. The molecule has 2 saturated heterocycles. The van der Waals surface area contributed by atoms with Gasteiger partial charge in [-0.05, 0) is 43.0 Å². The molecule has 2 fully saturated rings. The van der Waals surface area contributed by atoms with E-state index in [1.165, 1.54) is 5.56 Å². The van der Waals surface area contributed by atoms with Crippen LogP contribution < -0.4 is 5.32 Å². The Bertz CT molecular complexity index is 531. The lowest BCUT2D eigenvalue weighted by atomic mass is 9.90. The summed E-state index contributed by atoms with van der Waals surface area (Å²) in [5.74, 6) is -2.31. The molecular weight excluding hydrogens is 286 g/mol. The van der Waals surface area contributed by atoms with E-state index in [0.29, 0.717) is 11.5 Å². The Morgan fingerprint density at radius 1 is 1.27 bits per heavy atom. The smallest absolute Gasteiger partial charge is 0.253 e. The molecular formula is C17H22F2N2O. The van der Waals surface area contributed by atoms with Crippen LogP contribution in [0.15, 0.2) is 24.3 Å². The maximum Gasteiger partial charge on any atom is 0.253 e. The number of alkyl halides is 2. The summed E-state index contributed by atoms with van der Waals surface area (Å²) in [6.45, 7) is 2.27. The van der Waals surface area contributed by atoms with E-state index in [0.717, 1.165) is 25.9 Å². The third-order valence-electron chi connectivity index (χ3n) is 4.68. The Hall–Kier alpha value is -1.49. The van der Waals surface area contributed by atoms with Crippen molar-refractivity contribution in [1.29, 1.82) is 0 Å². The second-order valence-electron chi connectivity index (χ2n) is 6.32. The number of carbonyl (C=O) groups is 1. The number of nitrogens with zero attached hydrogens (tertiary/aromatic N) is 1. The van der Waals surface area contributed by atoms with Crippen LogP contribution in [0.5, 0.6) is 0 Å². The van der Waals surface area contributed by atoms with Crippen molar-refractivity contribution in [3.63, 3.8) is 0 Å². The number of hydrogen-bond donors (Lipinski definition) is 1. The van der Waals surface area contributed by atoms with E-state index in [1.54, 1.807) is 11.0 Å². The van der Waals surface area contributed by atoms with Gasteiger partial charge in [-0.2, -0.15) is 0 Å². The second-order valence-corrected chi connectivity index (χ2v) is 6.32. The molecule has 0 aromatic heterocycles. The molecule has 3 nitrogen and oxygen atoms in total. The van der Waals surface area contributed by atoms with E-state index in [2.05, 4.69) is 11.4 Å². The van der Waals surface area contributed by atoms with Crippen LogP contribution in [0.4, 0.5) is 8.78 Å². The third kappa shape index (κ3) is 3.46. The molecule has 0 radical (unpaired) electrons. The molecule has 22 heavy (non-hydrogen) atoms. The molecule has 1 amide bonds. The Labute approximate surface area is 129 Å². The predicted molar refractivity (Wildman–Crippen MR) is 81.4 cm³/mol. The summed E-state index contributed by atoms with van der Waals surface area (Å²) in [5.41, 5.74) is 1.79. The molecule has 2 heterocycles. The zero-order valence-corrected chi connectivity index (χ0v) is 12.7. The maximum absolute atomic E-state index is 13.2. The van der Waals surface area contributed by atoms with E-state index in [9.17, 15) is 13.6 Å². The summed E-state index contributed by atoms with van der Waals surface area (Å²) >= 11 is 0. The maximum atomic E-state index is 13.2. The summed E-state index contributed by atoms with van der Waals surface area (Å²) in [6.07, 6.45) is 1.81. The van der Waals surface area contributed by atoms with Crippen LogP contribution in [0.3, 0.4) is 0 Å². The zero-order valence-electron chi connectivity index (χ0n) is 12.7. The largest absolute Gasteiger partial charge is 0.338 e. The first kappa shape index (κ1) is 15.4. The normalized spacial score (nSPS) is 25.0. The molecule has 0 aliphatic carbocycles. The van der Waals surface area contributed by atoms with E-state index >= 15 is 0 Å². The molecule has 2 aliphatic rings. The number of rotatable bonds is 2. The number of halogens is 2. The van der Waals surface area contributed by atoms with Gasteiger partial charge in [0.05, 0.1) is 0 Å². The number of piperidine rings is 2. The van der Waals surface area contributed by atoms with E-state index < -0.39 is 5.92 Å². The Balaban J connectivity index is 1.70. The van der Waals surface area contributed by atoms with Crippen LogP contribution >= 0.6 is 0 Å². The molecule has 5 heteroatoms. The van der Waals surface area contributed by atoms with Crippen LogP contribution in [0.2, 0.25) is 0 Å². The fourth-order valence-corrected chi connectivity index (χ4v) is 3.28. The minimum Gasteiger partial charge on any atom is -0.338 e. The van der Waals surface area contributed by atoms with E-state index in [4.69, 9.17) is 0 Å². The third-order valence-corrected chi connectivity index (χ3v) is 4.68. The van der Waals surface area contributed by atoms with Crippen LogP contribution in [-0.4, -0.2) is 42.9 Å². The molecule has 1 aromatic rings. The lowest BCUT2D eigenvalue weighted by Crippen LogP contribution is -2.42. The lowest BCUT2D eigenvalue weighted by Gasteiger charge is -2.32. The number of carbonyl (C=O) groups excluding carboxylic acids is 1.